The number of aromatic nitrogens is 3. The maximum Gasteiger partial charge on any atom is 0.314 e. The van der Waals surface area contributed by atoms with E-state index in [4.69, 9.17) is 10.5 Å². The number of rotatable bonds is 2. The summed E-state index contributed by atoms with van der Waals surface area (Å²) in [5.41, 5.74) is 7.58. The Bertz CT molecular complexity index is 1020. The molecular formula is C19H20N6O3. The van der Waals surface area contributed by atoms with E-state index in [0.717, 1.165) is 5.56 Å². The molecular weight excluding hydrogens is 360 g/mol. The maximum absolute atomic E-state index is 13.0. The zero-order chi connectivity index (χ0) is 19.7. The summed E-state index contributed by atoms with van der Waals surface area (Å²) in [6.45, 7) is 2.53. The van der Waals surface area contributed by atoms with Gasteiger partial charge < -0.3 is 20.7 Å². The van der Waals surface area contributed by atoms with Crippen LogP contribution in [0.4, 0.5) is 11.5 Å². The van der Waals surface area contributed by atoms with Crippen LogP contribution in [0, 0.1) is 0 Å². The first kappa shape index (κ1) is 17.9. The highest BCUT2D eigenvalue weighted by molar-refractivity contribution is 6.40. The predicted molar refractivity (Wildman–Crippen MR) is 103 cm³/mol. The summed E-state index contributed by atoms with van der Waals surface area (Å²) in [6.07, 6.45) is 2.76. The van der Waals surface area contributed by atoms with Crippen LogP contribution in [0.1, 0.15) is 18.5 Å². The quantitative estimate of drug-likeness (QED) is 0.578. The summed E-state index contributed by atoms with van der Waals surface area (Å²) in [5, 5.41) is 9.88. The molecule has 3 aromatic rings. The molecule has 0 bridgehead atoms. The van der Waals surface area contributed by atoms with Gasteiger partial charge in [0, 0.05) is 6.54 Å². The summed E-state index contributed by atoms with van der Waals surface area (Å²) >= 11 is 0. The molecule has 0 unspecified atom stereocenters. The predicted octanol–water partition coefficient (Wildman–Crippen LogP) is 1.47. The molecule has 2 aromatic heterocycles. The van der Waals surface area contributed by atoms with Crippen molar-refractivity contribution in [1.29, 1.82) is 0 Å². The highest BCUT2D eigenvalue weighted by Gasteiger charge is 2.35. The summed E-state index contributed by atoms with van der Waals surface area (Å²) in [5.74, 6) is -1.09. The number of benzene rings is 1. The van der Waals surface area contributed by atoms with Gasteiger partial charge in [0.05, 0.1) is 47.7 Å². The molecule has 2 amide bonds. The van der Waals surface area contributed by atoms with Crippen LogP contribution in [0.15, 0.2) is 42.7 Å². The normalized spacial score (nSPS) is 19.5. The van der Waals surface area contributed by atoms with Gasteiger partial charge in [0.15, 0.2) is 0 Å². The van der Waals surface area contributed by atoms with Crippen LogP contribution in [-0.2, 0) is 14.3 Å². The minimum Gasteiger partial charge on any atom is -0.383 e. The number of nitrogen functional groups attached to an aromatic ring is 1. The van der Waals surface area contributed by atoms with E-state index in [2.05, 4.69) is 20.5 Å². The number of fused-ring (bicyclic) bond motifs is 1. The summed E-state index contributed by atoms with van der Waals surface area (Å²) in [6, 6.07) is 9.20. The smallest absolute Gasteiger partial charge is 0.314 e. The number of nitrogens with zero attached hydrogens (tertiary/aromatic N) is 3. The third-order valence-electron chi connectivity index (χ3n) is 4.77. The number of nitrogens with two attached hydrogens (primary N) is 1. The number of H-pyrrole nitrogens is 1. The summed E-state index contributed by atoms with van der Waals surface area (Å²) < 4.78 is 5.72. The Labute approximate surface area is 160 Å². The Morgan fingerprint density at radius 3 is 2.86 bits per heavy atom. The zero-order valence-electron chi connectivity index (χ0n) is 15.3. The monoisotopic (exact) mass is 380 g/mol. The first-order valence-electron chi connectivity index (χ1n) is 8.90. The average molecular weight is 380 g/mol. The van der Waals surface area contributed by atoms with E-state index < -0.39 is 11.8 Å². The number of nitrogens with one attached hydrogen (secondary N) is 2. The number of hydrogen-bond donors (Lipinski definition) is 3. The van der Waals surface area contributed by atoms with Crippen molar-refractivity contribution in [3.05, 3.63) is 48.3 Å². The molecule has 28 heavy (non-hydrogen) atoms. The van der Waals surface area contributed by atoms with Gasteiger partial charge >= 0.3 is 11.8 Å². The highest BCUT2D eigenvalue weighted by Crippen LogP contribution is 2.27. The van der Waals surface area contributed by atoms with Crippen LogP contribution in [-0.4, -0.2) is 51.2 Å². The number of aromatic amines is 1. The van der Waals surface area contributed by atoms with Crippen LogP contribution < -0.4 is 11.1 Å². The van der Waals surface area contributed by atoms with Gasteiger partial charge in [-0.05, 0) is 12.5 Å². The highest BCUT2D eigenvalue weighted by atomic mass is 16.5. The van der Waals surface area contributed by atoms with Gasteiger partial charge in [-0.3, -0.25) is 14.7 Å². The second-order valence-electron chi connectivity index (χ2n) is 6.70. The van der Waals surface area contributed by atoms with E-state index in [-0.39, 0.29) is 12.1 Å². The van der Waals surface area contributed by atoms with E-state index in [1.54, 1.807) is 4.90 Å². The lowest BCUT2D eigenvalue weighted by molar-refractivity contribution is -0.152. The second-order valence-corrected chi connectivity index (χ2v) is 6.70. The molecule has 1 fully saturated rings. The molecule has 1 aliphatic heterocycles. The third kappa shape index (κ3) is 3.27. The van der Waals surface area contributed by atoms with E-state index in [1.807, 2.05) is 37.3 Å². The van der Waals surface area contributed by atoms with Gasteiger partial charge in [-0.15, -0.1) is 0 Å². The molecule has 144 valence electrons. The second kappa shape index (κ2) is 7.28. The van der Waals surface area contributed by atoms with Crippen molar-refractivity contribution in [1.82, 2.24) is 20.1 Å². The lowest BCUT2D eigenvalue weighted by Crippen LogP contribution is -2.50. The molecule has 1 aromatic carbocycles. The molecule has 9 heteroatoms. The molecule has 0 spiro atoms. The molecule has 2 atom stereocenters. The molecule has 1 aliphatic rings. The standard InChI is InChI=1S/C19H20N6O3/c1-11-9-25(15(10-28-11)12-5-3-2-4-6-12)19(27)18(26)23-14-8-21-17(20)13-7-22-24-16(13)14/h2-8,11,15H,9-10H2,1H3,(H2,20,21)(H,22,24)(H,23,26)/t11-,15-/m1/s1. The van der Waals surface area contributed by atoms with E-state index in [0.29, 0.717) is 35.6 Å². The number of carbonyl (C=O) groups excluding carboxylic acids is 2. The van der Waals surface area contributed by atoms with E-state index in [1.165, 1.54) is 12.4 Å². The fraction of sp³-hybridized carbons (Fsp3) is 0.263. The zero-order valence-corrected chi connectivity index (χ0v) is 15.3. The number of ether oxygens (including phenoxy) is 1. The summed E-state index contributed by atoms with van der Waals surface area (Å²) in [7, 11) is 0. The van der Waals surface area contributed by atoms with Crippen molar-refractivity contribution in [2.75, 3.05) is 24.2 Å². The number of hydrogen-bond acceptors (Lipinski definition) is 6. The van der Waals surface area contributed by atoms with Gasteiger partial charge in [0.1, 0.15) is 5.82 Å². The Morgan fingerprint density at radius 2 is 2.07 bits per heavy atom. The van der Waals surface area contributed by atoms with E-state index >= 15 is 0 Å². The maximum atomic E-state index is 13.0. The summed E-state index contributed by atoms with van der Waals surface area (Å²) in [4.78, 5) is 31.3. The van der Waals surface area contributed by atoms with Crippen molar-refractivity contribution in [3.8, 4) is 0 Å². The third-order valence-corrected chi connectivity index (χ3v) is 4.77. The molecule has 0 radical (unpaired) electrons. The Hall–Kier alpha value is -3.46. The van der Waals surface area contributed by atoms with E-state index in [9.17, 15) is 9.59 Å². The number of pyridine rings is 1. The number of amides is 2. The molecule has 9 nitrogen and oxygen atoms in total. The Morgan fingerprint density at radius 1 is 1.29 bits per heavy atom. The van der Waals surface area contributed by atoms with Crippen LogP contribution >= 0.6 is 0 Å². The van der Waals surface area contributed by atoms with Crippen molar-refractivity contribution < 1.29 is 14.3 Å². The van der Waals surface area contributed by atoms with Crippen molar-refractivity contribution in [2.45, 2.75) is 19.1 Å². The first-order valence-corrected chi connectivity index (χ1v) is 8.90. The molecule has 3 heterocycles. The fourth-order valence-electron chi connectivity index (χ4n) is 3.33. The molecule has 0 saturated carbocycles. The lowest BCUT2D eigenvalue weighted by atomic mass is 10.0. The fourth-order valence-corrected chi connectivity index (χ4v) is 3.33. The van der Waals surface area contributed by atoms with Crippen molar-refractivity contribution in [3.63, 3.8) is 0 Å². The molecule has 4 rings (SSSR count). The van der Waals surface area contributed by atoms with Crippen molar-refractivity contribution in [2.24, 2.45) is 0 Å². The topological polar surface area (TPSA) is 126 Å². The number of morpholine rings is 1. The van der Waals surface area contributed by atoms with Crippen LogP contribution in [0.2, 0.25) is 0 Å². The molecule has 4 N–H and O–H groups in total. The minimum absolute atomic E-state index is 0.158. The SMILES string of the molecule is C[C@@H]1CN(C(=O)C(=O)Nc2cnc(N)c3cn[nH]c23)[C@@H](c2ccccc2)CO1. The van der Waals surface area contributed by atoms with Gasteiger partial charge in [-0.25, -0.2) is 4.98 Å². The Kier molecular flexibility index (Phi) is 4.66. The van der Waals surface area contributed by atoms with Crippen LogP contribution in [0.25, 0.3) is 10.9 Å². The van der Waals surface area contributed by atoms with Gasteiger partial charge in [-0.1, -0.05) is 30.3 Å². The largest absolute Gasteiger partial charge is 0.383 e. The average Bonchev–Trinajstić information content (AvgIpc) is 3.21. The van der Waals surface area contributed by atoms with Crippen molar-refractivity contribution >= 4 is 34.2 Å². The molecule has 0 aliphatic carbocycles. The van der Waals surface area contributed by atoms with Gasteiger partial charge in [0.25, 0.3) is 0 Å². The molecule has 1 saturated heterocycles. The van der Waals surface area contributed by atoms with Gasteiger partial charge in [-0.2, -0.15) is 5.10 Å². The van der Waals surface area contributed by atoms with Crippen LogP contribution in [0.3, 0.4) is 0 Å². The number of carbonyl (C=O) groups is 2. The minimum atomic E-state index is -0.752. The number of anilines is 2. The van der Waals surface area contributed by atoms with Gasteiger partial charge in [0.2, 0.25) is 0 Å². The lowest BCUT2D eigenvalue weighted by Gasteiger charge is -2.38. The Balaban J connectivity index is 1.58. The first-order chi connectivity index (χ1) is 13.5. The van der Waals surface area contributed by atoms with Crippen LogP contribution in [0.5, 0.6) is 0 Å².